The molecule has 1 saturated heterocycles. The van der Waals surface area contributed by atoms with Gasteiger partial charge in [-0.1, -0.05) is 13.5 Å². The second-order valence-corrected chi connectivity index (χ2v) is 6.72. The van der Waals surface area contributed by atoms with Crippen molar-refractivity contribution in [2.75, 3.05) is 11.7 Å². The highest BCUT2D eigenvalue weighted by molar-refractivity contribution is 8.03. The van der Waals surface area contributed by atoms with E-state index >= 15 is 0 Å². The summed E-state index contributed by atoms with van der Waals surface area (Å²) in [5.41, 5.74) is 0.482. The topological polar surface area (TPSA) is 86.7 Å². The maximum atomic E-state index is 11.2. The summed E-state index contributed by atoms with van der Waals surface area (Å²) in [5.74, 6) is 0. The van der Waals surface area contributed by atoms with Crippen LogP contribution in [-0.2, 0) is 28.6 Å². The largest absolute Gasteiger partial charge is 0.285 e. The third-order valence-corrected chi connectivity index (χ3v) is 5.19. The van der Waals surface area contributed by atoms with E-state index < -0.39 is 31.4 Å². The molecule has 0 aromatic carbocycles. The van der Waals surface area contributed by atoms with Crippen molar-refractivity contribution in [3.63, 3.8) is 0 Å². The van der Waals surface area contributed by atoms with Crippen LogP contribution in [0.3, 0.4) is 0 Å². The van der Waals surface area contributed by atoms with E-state index in [0.717, 1.165) is 0 Å². The Kier molecular flexibility index (Phi) is 3.54. The minimum absolute atomic E-state index is 0.339. The summed E-state index contributed by atoms with van der Waals surface area (Å²) in [6.07, 6.45) is -0.430. The molecule has 0 aromatic heterocycles. The molecule has 0 bridgehead atoms. The molecule has 1 unspecified atom stereocenters. The van der Waals surface area contributed by atoms with Crippen LogP contribution in [-0.4, -0.2) is 34.6 Å². The molecule has 1 aliphatic rings. The van der Waals surface area contributed by atoms with Gasteiger partial charge in [-0.15, -0.1) is 0 Å². The summed E-state index contributed by atoms with van der Waals surface area (Å²) in [6, 6.07) is 0. The van der Waals surface area contributed by atoms with Crippen LogP contribution in [0.2, 0.25) is 0 Å². The van der Waals surface area contributed by atoms with Crippen molar-refractivity contribution in [1.29, 1.82) is 0 Å². The molecule has 1 rings (SSSR count). The van der Waals surface area contributed by atoms with Gasteiger partial charge in [0.1, 0.15) is 6.10 Å². The van der Waals surface area contributed by atoms with Crippen molar-refractivity contribution in [1.82, 2.24) is 0 Å². The summed E-state index contributed by atoms with van der Waals surface area (Å²) < 4.78 is 53.6. The van der Waals surface area contributed by atoms with E-state index in [9.17, 15) is 16.8 Å². The molecule has 1 heterocycles. The molecule has 1 aliphatic heterocycles. The van der Waals surface area contributed by atoms with Gasteiger partial charge in [-0.2, -0.15) is 16.8 Å². The van der Waals surface area contributed by atoms with Gasteiger partial charge < -0.3 is 0 Å². The predicted octanol–water partition coefficient (Wildman–Crippen LogP) is -0.0149. The first-order valence-electron chi connectivity index (χ1n) is 4.21. The van der Waals surface area contributed by atoms with Gasteiger partial charge in [0.25, 0.3) is 20.2 Å². The maximum absolute atomic E-state index is 11.2. The Bertz CT molecular complexity index is 446. The molecule has 0 N–H and O–H groups in total. The summed E-state index contributed by atoms with van der Waals surface area (Å²) in [7, 11) is -8.16. The normalized spacial score (nSPS) is 29.3. The fourth-order valence-electron chi connectivity index (χ4n) is 1.02. The molecule has 15 heavy (non-hydrogen) atoms. The van der Waals surface area contributed by atoms with Gasteiger partial charge >= 0.3 is 0 Å². The van der Waals surface area contributed by atoms with E-state index in [1.54, 1.807) is 6.92 Å². The molecule has 0 radical (unpaired) electrons. The van der Waals surface area contributed by atoms with E-state index in [-0.39, 0.29) is 6.61 Å². The standard InChI is InChI=1S/C7H12O6S2/c1-3-6(2)7-4-12-14(8,9)5-15(10,11)13-7/h7H,2-5H2,1H3. The lowest BCUT2D eigenvalue weighted by molar-refractivity contribution is 0.172. The van der Waals surface area contributed by atoms with Crippen LogP contribution < -0.4 is 0 Å². The minimum atomic E-state index is -4.10. The molecule has 1 fully saturated rings. The molecule has 6 nitrogen and oxygen atoms in total. The first kappa shape index (κ1) is 12.6. The molecule has 0 aliphatic carbocycles. The molecule has 8 heteroatoms. The van der Waals surface area contributed by atoms with E-state index in [4.69, 9.17) is 0 Å². The van der Waals surface area contributed by atoms with Gasteiger partial charge in [0.15, 0.2) is 0 Å². The van der Waals surface area contributed by atoms with Gasteiger partial charge in [0.2, 0.25) is 5.08 Å². The van der Waals surface area contributed by atoms with Crippen LogP contribution in [0.15, 0.2) is 12.2 Å². The number of hydrogen-bond donors (Lipinski definition) is 0. The lowest BCUT2D eigenvalue weighted by Crippen LogP contribution is -2.22. The van der Waals surface area contributed by atoms with Crippen molar-refractivity contribution < 1.29 is 25.2 Å². The fraction of sp³-hybridized carbons (Fsp3) is 0.714. The quantitative estimate of drug-likeness (QED) is 0.510. The maximum Gasteiger partial charge on any atom is 0.285 e. The van der Waals surface area contributed by atoms with Crippen LogP contribution in [0.5, 0.6) is 0 Å². The molecule has 0 spiro atoms. The van der Waals surface area contributed by atoms with Crippen molar-refractivity contribution in [3.8, 4) is 0 Å². The third-order valence-electron chi connectivity index (χ3n) is 1.86. The van der Waals surface area contributed by atoms with Crippen LogP contribution in [0.4, 0.5) is 0 Å². The molecular weight excluding hydrogens is 244 g/mol. The predicted molar refractivity (Wildman–Crippen MR) is 53.0 cm³/mol. The van der Waals surface area contributed by atoms with Crippen LogP contribution >= 0.6 is 0 Å². The summed E-state index contributed by atoms with van der Waals surface area (Å²) in [4.78, 5) is 0. The van der Waals surface area contributed by atoms with Gasteiger partial charge in [-0.3, -0.25) is 8.37 Å². The lowest BCUT2D eigenvalue weighted by Gasteiger charge is -2.13. The summed E-state index contributed by atoms with van der Waals surface area (Å²) >= 11 is 0. The number of rotatable bonds is 2. The average molecular weight is 256 g/mol. The van der Waals surface area contributed by atoms with Crippen molar-refractivity contribution in [3.05, 3.63) is 12.2 Å². The highest BCUT2D eigenvalue weighted by Gasteiger charge is 2.33. The fourth-order valence-corrected chi connectivity index (χ4v) is 3.81. The minimum Gasteiger partial charge on any atom is -0.266 e. The van der Waals surface area contributed by atoms with Crippen LogP contribution in [0.1, 0.15) is 13.3 Å². The molecule has 0 aromatic rings. The molecule has 88 valence electrons. The van der Waals surface area contributed by atoms with E-state index in [0.29, 0.717) is 12.0 Å². The highest BCUT2D eigenvalue weighted by Crippen LogP contribution is 2.18. The van der Waals surface area contributed by atoms with Crippen LogP contribution in [0, 0.1) is 0 Å². The van der Waals surface area contributed by atoms with E-state index in [1.165, 1.54) is 0 Å². The molecular formula is C7H12O6S2. The molecule has 0 amide bonds. The van der Waals surface area contributed by atoms with Crippen molar-refractivity contribution in [2.45, 2.75) is 19.4 Å². The third kappa shape index (κ3) is 3.56. The van der Waals surface area contributed by atoms with Gasteiger partial charge in [-0.05, 0) is 12.0 Å². The summed E-state index contributed by atoms with van der Waals surface area (Å²) in [5, 5.41) is -1.15. The van der Waals surface area contributed by atoms with Gasteiger partial charge in [-0.25, -0.2) is 0 Å². The van der Waals surface area contributed by atoms with Gasteiger partial charge in [0, 0.05) is 0 Å². The summed E-state index contributed by atoms with van der Waals surface area (Å²) in [6.45, 7) is 5.01. The lowest BCUT2D eigenvalue weighted by atomic mass is 10.1. The van der Waals surface area contributed by atoms with Crippen molar-refractivity contribution in [2.24, 2.45) is 0 Å². The average Bonchev–Trinajstić information content (AvgIpc) is 2.18. The zero-order valence-corrected chi connectivity index (χ0v) is 9.80. The Morgan fingerprint density at radius 1 is 1.33 bits per heavy atom. The van der Waals surface area contributed by atoms with E-state index in [2.05, 4.69) is 14.9 Å². The van der Waals surface area contributed by atoms with Crippen LogP contribution in [0.25, 0.3) is 0 Å². The smallest absolute Gasteiger partial charge is 0.266 e. The second-order valence-electron chi connectivity index (χ2n) is 3.11. The molecule has 1 atom stereocenters. The molecule has 0 saturated carbocycles. The zero-order valence-electron chi connectivity index (χ0n) is 8.17. The van der Waals surface area contributed by atoms with E-state index in [1.807, 2.05) is 0 Å². The monoisotopic (exact) mass is 256 g/mol. The first-order valence-corrected chi connectivity index (χ1v) is 7.37. The Labute approximate surface area is 89.1 Å². The first-order chi connectivity index (χ1) is 6.76. The second kappa shape index (κ2) is 4.20. The highest BCUT2D eigenvalue weighted by atomic mass is 32.3. The Morgan fingerprint density at radius 2 is 1.93 bits per heavy atom. The van der Waals surface area contributed by atoms with Crippen molar-refractivity contribution >= 4 is 20.2 Å². The SMILES string of the molecule is C=C(CC)C1COS(=O)(=O)CS(=O)(=O)O1. The Morgan fingerprint density at radius 3 is 2.47 bits per heavy atom. The number of hydrogen-bond acceptors (Lipinski definition) is 6. The van der Waals surface area contributed by atoms with Gasteiger partial charge in [0.05, 0.1) is 6.61 Å². The zero-order chi connectivity index (χ0) is 11.7. The Balaban J connectivity index is 2.98. The Hall–Kier alpha value is -0.440.